The lowest BCUT2D eigenvalue weighted by Gasteiger charge is -2.27. The number of hydrogen-bond acceptors (Lipinski definition) is 5. The van der Waals surface area contributed by atoms with E-state index in [-0.39, 0.29) is 0 Å². The number of rotatable bonds is 3. The molecule has 0 aliphatic heterocycles. The first kappa shape index (κ1) is 10.5. The van der Waals surface area contributed by atoms with E-state index >= 15 is 0 Å². The molecule has 1 aromatic heterocycles. The van der Waals surface area contributed by atoms with Crippen molar-refractivity contribution in [3.63, 3.8) is 0 Å². The molecule has 3 rings (SSSR count). The quantitative estimate of drug-likeness (QED) is 0.862. The zero-order chi connectivity index (χ0) is 11.0. The third-order valence-corrected chi connectivity index (χ3v) is 4.73. The molecule has 16 heavy (non-hydrogen) atoms. The molecule has 2 saturated carbocycles. The van der Waals surface area contributed by atoms with Crippen molar-refractivity contribution in [2.24, 2.45) is 5.73 Å². The van der Waals surface area contributed by atoms with Crippen molar-refractivity contribution < 1.29 is 0 Å². The summed E-state index contributed by atoms with van der Waals surface area (Å²) < 4.78 is 1.98. The average Bonchev–Trinajstić information content (AvgIpc) is 3.03. The molecule has 0 spiro atoms. The molecule has 0 bridgehead atoms. The number of tetrazole rings is 1. The Morgan fingerprint density at radius 2 is 2.00 bits per heavy atom. The fourth-order valence-electron chi connectivity index (χ4n) is 2.22. The van der Waals surface area contributed by atoms with Gasteiger partial charge in [-0.25, -0.2) is 4.68 Å². The van der Waals surface area contributed by atoms with Crippen LogP contribution in [0.15, 0.2) is 5.16 Å². The summed E-state index contributed by atoms with van der Waals surface area (Å²) in [6, 6.07) is 0.861. The highest BCUT2D eigenvalue weighted by molar-refractivity contribution is 7.99. The van der Waals surface area contributed by atoms with E-state index in [0.29, 0.717) is 17.3 Å². The van der Waals surface area contributed by atoms with Gasteiger partial charge in [-0.15, -0.1) is 5.10 Å². The van der Waals surface area contributed by atoms with Crippen LogP contribution in [-0.4, -0.2) is 31.5 Å². The standard InChI is InChI=1S/C10H17N5S/c11-8-3-1-2-4-9(8)16-10-12-13-14-15(10)7-5-6-7/h7-9H,1-6,11H2. The normalized spacial score (nSPS) is 30.6. The predicted molar refractivity (Wildman–Crippen MR) is 62.2 cm³/mol. The Bertz CT molecular complexity index is 362. The summed E-state index contributed by atoms with van der Waals surface area (Å²) in [5.74, 6) is 0. The van der Waals surface area contributed by atoms with Gasteiger partial charge >= 0.3 is 0 Å². The minimum Gasteiger partial charge on any atom is -0.327 e. The maximum atomic E-state index is 6.14. The Morgan fingerprint density at radius 1 is 1.19 bits per heavy atom. The molecule has 2 fully saturated rings. The molecule has 0 amide bonds. The highest BCUT2D eigenvalue weighted by Gasteiger charge is 2.30. The van der Waals surface area contributed by atoms with Crippen LogP contribution in [0.4, 0.5) is 0 Å². The van der Waals surface area contributed by atoms with Crippen molar-refractivity contribution in [1.29, 1.82) is 0 Å². The van der Waals surface area contributed by atoms with Gasteiger partial charge in [0.2, 0.25) is 5.16 Å². The molecule has 1 aromatic rings. The summed E-state index contributed by atoms with van der Waals surface area (Å²) in [5.41, 5.74) is 6.14. The lowest BCUT2D eigenvalue weighted by molar-refractivity contribution is 0.451. The molecule has 2 atom stereocenters. The number of hydrogen-bond donors (Lipinski definition) is 1. The highest BCUT2D eigenvalue weighted by atomic mass is 32.2. The molecule has 0 saturated heterocycles. The van der Waals surface area contributed by atoms with Crippen LogP contribution in [0, 0.1) is 0 Å². The maximum Gasteiger partial charge on any atom is 0.209 e. The van der Waals surface area contributed by atoms with Crippen LogP contribution in [-0.2, 0) is 0 Å². The monoisotopic (exact) mass is 239 g/mol. The topological polar surface area (TPSA) is 69.6 Å². The summed E-state index contributed by atoms with van der Waals surface area (Å²) in [4.78, 5) is 0. The Balaban J connectivity index is 1.70. The van der Waals surface area contributed by atoms with Crippen molar-refractivity contribution in [3.8, 4) is 0 Å². The van der Waals surface area contributed by atoms with Crippen LogP contribution in [0.3, 0.4) is 0 Å². The lowest BCUT2D eigenvalue weighted by Crippen LogP contribution is -2.35. The van der Waals surface area contributed by atoms with E-state index in [0.717, 1.165) is 11.6 Å². The number of aromatic nitrogens is 4. The van der Waals surface area contributed by atoms with Crippen LogP contribution < -0.4 is 5.73 Å². The minimum absolute atomic E-state index is 0.308. The minimum atomic E-state index is 0.308. The SMILES string of the molecule is NC1CCCCC1Sc1nnnn1C1CC1. The number of thioether (sulfide) groups is 1. The van der Waals surface area contributed by atoms with Crippen LogP contribution >= 0.6 is 11.8 Å². The van der Waals surface area contributed by atoms with Crippen molar-refractivity contribution in [2.75, 3.05) is 0 Å². The second-order valence-corrected chi connectivity index (χ2v) is 5.95. The summed E-state index contributed by atoms with van der Waals surface area (Å²) in [7, 11) is 0. The largest absolute Gasteiger partial charge is 0.327 e. The van der Waals surface area contributed by atoms with E-state index in [4.69, 9.17) is 5.73 Å². The molecule has 2 unspecified atom stereocenters. The second kappa shape index (κ2) is 4.33. The van der Waals surface area contributed by atoms with Crippen molar-refractivity contribution in [2.45, 2.75) is 61.0 Å². The van der Waals surface area contributed by atoms with Gasteiger partial charge in [0.1, 0.15) is 0 Å². The van der Waals surface area contributed by atoms with Crippen molar-refractivity contribution >= 4 is 11.8 Å². The van der Waals surface area contributed by atoms with Gasteiger partial charge in [0.05, 0.1) is 6.04 Å². The molecule has 2 aliphatic rings. The van der Waals surface area contributed by atoms with Gasteiger partial charge in [-0.2, -0.15) is 0 Å². The van der Waals surface area contributed by atoms with Crippen LogP contribution in [0.5, 0.6) is 0 Å². The van der Waals surface area contributed by atoms with Gasteiger partial charge in [-0.05, 0) is 36.1 Å². The van der Waals surface area contributed by atoms with Crippen LogP contribution in [0.2, 0.25) is 0 Å². The summed E-state index contributed by atoms with van der Waals surface area (Å²) in [5, 5.41) is 13.4. The molecule has 88 valence electrons. The van der Waals surface area contributed by atoms with Crippen LogP contribution in [0.1, 0.15) is 44.6 Å². The molecular formula is C10H17N5S. The lowest BCUT2D eigenvalue weighted by atomic mass is 9.96. The van der Waals surface area contributed by atoms with Gasteiger partial charge in [-0.3, -0.25) is 0 Å². The zero-order valence-electron chi connectivity index (χ0n) is 9.25. The van der Waals surface area contributed by atoms with E-state index in [1.165, 1.54) is 32.1 Å². The van der Waals surface area contributed by atoms with E-state index in [2.05, 4.69) is 15.5 Å². The van der Waals surface area contributed by atoms with E-state index in [1.54, 1.807) is 11.8 Å². The van der Waals surface area contributed by atoms with E-state index < -0.39 is 0 Å². The van der Waals surface area contributed by atoms with Crippen molar-refractivity contribution in [3.05, 3.63) is 0 Å². The van der Waals surface area contributed by atoms with Gasteiger partial charge in [0, 0.05) is 11.3 Å². The number of nitrogens with two attached hydrogens (primary N) is 1. The van der Waals surface area contributed by atoms with Crippen molar-refractivity contribution in [1.82, 2.24) is 20.2 Å². The smallest absolute Gasteiger partial charge is 0.209 e. The molecule has 5 nitrogen and oxygen atoms in total. The molecule has 2 aliphatic carbocycles. The molecule has 6 heteroatoms. The Morgan fingerprint density at radius 3 is 2.75 bits per heavy atom. The fourth-order valence-corrected chi connectivity index (χ4v) is 3.46. The second-order valence-electron chi connectivity index (χ2n) is 4.74. The van der Waals surface area contributed by atoms with E-state index in [1.807, 2.05) is 4.68 Å². The first-order chi connectivity index (χ1) is 7.84. The summed E-state index contributed by atoms with van der Waals surface area (Å²) in [6.07, 6.45) is 7.33. The van der Waals surface area contributed by atoms with Gasteiger partial charge in [-0.1, -0.05) is 24.6 Å². The molecular weight excluding hydrogens is 222 g/mol. The first-order valence-electron chi connectivity index (χ1n) is 6.04. The predicted octanol–water partition coefficient (Wildman–Crippen LogP) is 1.37. The van der Waals surface area contributed by atoms with E-state index in [9.17, 15) is 0 Å². The third kappa shape index (κ3) is 2.08. The Hall–Kier alpha value is -0.620. The fraction of sp³-hybridized carbons (Fsp3) is 0.900. The molecule has 0 radical (unpaired) electrons. The van der Waals surface area contributed by atoms with Gasteiger partial charge in [0.15, 0.2) is 0 Å². The summed E-state index contributed by atoms with van der Waals surface area (Å²) in [6.45, 7) is 0. The summed E-state index contributed by atoms with van der Waals surface area (Å²) >= 11 is 1.78. The number of nitrogens with zero attached hydrogens (tertiary/aromatic N) is 4. The molecule has 0 aromatic carbocycles. The maximum absolute atomic E-state index is 6.14. The third-order valence-electron chi connectivity index (χ3n) is 3.37. The Kier molecular flexibility index (Phi) is 2.85. The zero-order valence-corrected chi connectivity index (χ0v) is 10.1. The highest BCUT2D eigenvalue weighted by Crippen LogP contribution is 2.39. The Labute approximate surface area is 99.2 Å². The molecule has 2 N–H and O–H groups in total. The first-order valence-corrected chi connectivity index (χ1v) is 6.92. The van der Waals surface area contributed by atoms with Crippen LogP contribution in [0.25, 0.3) is 0 Å². The molecule has 1 heterocycles. The van der Waals surface area contributed by atoms with Gasteiger partial charge in [0.25, 0.3) is 0 Å². The van der Waals surface area contributed by atoms with Gasteiger partial charge < -0.3 is 5.73 Å². The average molecular weight is 239 g/mol.